The second kappa shape index (κ2) is 9.38. The van der Waals surface area contributed by atoms with Crippen LogP contribution < -0.4 is 5.32 Å². The lowest BCUT2D eigenvalue weighted by Gasteiger charge is -2.31. The summed E-state index contributed by atoms with van der Waals surface area (Å²) in [6, 6.07) is 11.5. The fourth-order valence-electron chi connectivity index (χ4n) is 4.10. The van der Waals surface area contributed by atoms with Crippen LogP contribution in [0.4, 0.5) is 19.0 Å². The third kappa shape index (κ3) is 4.62. The van der Waals surface area contributed by atoms with E-state index in [0.29, 0.717) is 5.56 Å². The lowest BCUT2D eigenvalue weighted by Crippen LogP contribution is -2.36. The van der Waals surface area contributed by atoms with Crippen molar-refractivity contribution in [3.8, 4) is 28.5 Å². The molecule has 0 saturated heterocycles. The highest BCUT2D eigenvalue weighted by molar-refractivity contribution is 5.98. The maximum atomic E-state index is 16.0. The van der Waals surface area contributed by atoms with Crippen molar-refractivity contribution in [3.05, 3.63) is 71.7 Å². The van der Waals surface area contributed by atoms with E-state index in [1.807, 2.05) is 6.07 Å². The highest BCUT2D eigenvalue weighted by Crippen LogP contribution is 2.40. The monoisotopic (exact) mass is 492 g/mol. The summed E-state index contributed by atoms with van der Waals surface area (Å²) in [4.78, 5) is 18.6. The molecule has 0 spiro atoms. The number of aromatic nitrogens is 2. The van der Waals surface area contributed by atoms with E-state index in [1.54, 1.807) is 51.1 Å². The third-order valence-corrected chi connectivity index (χ3v) is 6.01. The zero-order valence-electron chi connectivity index (χ0n) is 19.8. The van der Waals surface area contributed by atoms with Crippen molar-refractivity contribution in [2.24, 2.45) is 5.41 Å². The largest absolute Gasteiger partial charge is 0.481 e. The van der Waals surface area contributed by atoms with Crippen molar-refractivity contribution in [3.63, 3.8) is 0 Å². The van der Waals surface area contributed by atoms with Gasteiger partial charge >= 0.3 is 5.97 Å². The molecule has 1 unspecified atom stereocenters. The number of fused-ring (bicyclic) bond motifs is 1. The van der Waals surface area contributed by atoms with Crippen LogP contribution in [0.25, 0.3) is 33.3 Å². The van der Waals surface area contributed by atoms with Gasteiger partial charge in [-0.3, -0.25) is 4.79 Å². The highest BCUT2D eigenvalue weighted by Gasteiger charge is 2.31. The Labute approximate surface area is 205 Å². The van der Waals surface area contributed by atoms with Gasteiger partial charge in [-0.2, -0.15) is 5.26 Å². The number of nitrogens with one attached hydrogen (secondary N) is 2. The number of nitriles is 1. The van der Waals surface area contributed by atoms with E-state index < -0.39 is 34.9 Å². The minimum absolute atomic E-state index is 0.000475. The summed E-state index contributed by atoms with van der Waals surface area (Å²) in [6.45, 7) is 5.41. The predicted molar refractivity (Wildman–Crippen MR) is 131 cm³/mol. The number of benzene rings is 2. The summed E-state index contributed by atoms with van der Waals surface area (Å²) >= 11 is 0. The fourth-order valence-corrected chi connectivity index (χ4v) is 4.10. The number of carboxylic acid groups (broad SMARTS) is 1. The second-order valence-electron chi connectivity index (χ2n) is 9.52. The van der Waals surface area contributed by atoms with Gasteiger partial charge in [0.25, 0.3) is 0 Å². The minimum atomic E-state index is -1.08. The average molecular weight is 493 g/mol. The molecule has 2 heterocycles. The molecular weight excluding hydrogens is 469 g/mol. The highest BCUT2D eigenvalue weighted by atomic mass is 19.1. The lowest BCUT2D eigenvalue weighted by molar-refractivity contribution is -0.137. The van der Waals surface area contributed by atoms with Gasteiger partial charge in [0, 0.05) is 34.8 Å². The Hall–Kier alpha value is -4.32. The molecule has 4 aromatic rings. The van der Waals surface area contributed by atoms with E-state index in [2.05, 4.69) is 15.3 Å². The van der Waals surface area contributed by atoms with Gasteiger partial charge in [0.15, 0.2) is 11.6 Å². The molecule has 0 saturated carbocycles. The molecule has 6 nitrogen and oxygen atoms in total. The summed E-state index contributed by atoms with van der Waals surface area (Å²) in [5.41, 5.74) is -0.178. The number of rotatable bonds is 6. The van der Waals surface area contributed by atoms with Gasteiger partial charge < -0.3 is 15.4 Å². The number of hydrogen-bond donors (Lipinski definition) is 3. The number of nitrogens with zero attached hydrogens (tertiary/aromatic N) is 2. The molecule has 4 rings (SSSR count). The number of aromatic amines is 1. The first-order valence-electron chi connectivity index (χ1n) is 11.1. The van der Waals surface area contributed by atoms with Gasteiger partial charge in [-0.25, -0.2) is 18.2 Å². The van der Waals surface area contributed by atoms with Crippen molar-refractivity contribution in [2.45, 2.75) is 33.2 Å². The smallest absolute Gasteiger partial charge is 0.305 e. The SMILES string of the molecule is CC(C)(C)C(CC(=O)O)Nc1nc(-c2c[nH]c3c(F)cc(F)cc23)c(C#N)c(-c2ccccc2)c1F. The Bertz CT molecular complexity index is 1500. The zero-order valence-corrected chi connectivity index (χ0v) is 19.8. The van der Waals surface area contributed by atoms with Crippen LogP contribution in [0.15, 0.2) is 48.7 Å². The number of carboxylic acids is 1. The standard InChI is InChI=1S/C27H23F3N4O2/c1-27(2,3)20(11-21(35)36)33-26-23(30)22(14-7-5-4-6-8-14)17(12-31)24(34-26)18-13-32-25-16(18)9-15(28)10-19(25)29/h4-10,13,20,32H,11H2,1-3H3,(H,33,34)(H,35,36). The number of halogens is 3. The Morgan fingerprint density at radius 3 is 2.50 bits per heavy atom. The second-order valence-corrected chi connectivity index (χ2v) is 9.52. The molecule has 0 amide bonds. The van der Waals surface area contributed by atoms with Gasteiger partial charge in [-0.1, -0.05) is 51.1 Å². The van der Waals surface area contributed by atoms with Crippen LogP contribution in [0.1, 0.15) is 32.8 Å². The van der Waals surface area contributed by atoms with Crippen molar-refractivity contribution in [2.75, 3.05) is 5.32 Å². The number of hydrogen-bond acceptors (Lipinski definition) is 4. The van der Waals surface area contributed by atoms with Crippen molar-refractivity contribution < 1.29 is 23.1 Å². The maximum Gasteiger partial charge on any atom is 0.305 e. The van der Waals surface area contributed by atoms with E-state index in [0.717, 1.165) is 12.1 Å². The molecule has 0 aliphatic rings. The molecule has 2 aromatic heterocycles. The first-order valence-corrected chi connectivity index (χ1v) is 11.1. The zero-order chi connectivity index (χ0) is 26.2. The number of carbonyl (C=O) groups is 1. The summed E-state index contributed by atoms with van der Waals surface area (Å²) < 4.78 is 44.5. The van der Waals surface area contributed by atoms with Crippen molar-refractivity contribution in [1.82, 2.24) is 9.97 Å². The van der Waals surface area contributed by atoms with Gasteiger partial charge in [0.05, 0.1) is 23.2 Å². The van der Waals surface area contributed by atoms with Crippen molar-refractivity contribution >= 4 is 22.7 Å². The topological polar surface area (TPSA) is 102 Å². The molecule has 0 aliphatic carbocycles. The van der Waals surface area contributed by atoms with Gasteiger partial charge in [0.2, 0.25) is 0 Å². The molecule has 3 N–H and O–H groups in total. The predicted octanol–water partition coefficient (Wildman–Crippen LogP) is 6.49. The van der Waals surface area contributed by atoms with Gasteiger partial charge in [0.1, 0.15) is 17.7 Å². The van der Waals surface area contributed by atoms with Crippen LogP contribution >= 0.6 is 0 Å². The Morgan fingerprint density at radius 1 is 1.19 bits per heavy atom. The molecule has 36 heavy (non-hydrogen) atoms. The number of H-pyrrole nitrogens is 1. The first kappa shape index (κ1) is 24.8. The van der Waals surface area contributed by atoms with Gasteiger partial charge in [-0.05, 0) is 17.0 Å². The summed E-state index contributed by atoms with van der Waals surface area (Å²) in [5, 5.41) is 22.5. The Balaban J connectivity index is 2.04. The quantitative estimate of drug-likeness (QED) is 0.286. The van der Waals surface area contributed by atoms with Crippen LogP contribution in [-0.2, 0) is 4.79 Å². The van der Waals surface area contributed by atoms with E-state index in [-0.39, 0.29) is 45.5 Å². The van der Waals surface area contributed by atoms with E-state index in [4.69, 9.17) is 0 Å². The fraction of sp³-hybridized carbons (Fsp3) is 0.222. The summed E-state index contributed by atoms with van der Waals surface area (Å²) in [6.07, 6.45) is 1.06. The maximum absolute atomic E-state index is 16.0. The van der Waals surface area contributed by atoms with E-state index in [9.17, 15) is 23.9 Å². The summed E-state index contributed by atoms with van der Waals surface area (Å²) in [7, 11) is 0. The molecule has 0 aliphatic heterocycles. The molecule has 0 radical (unpaired) electrons. The number of aliphatic carboxylic acids is 1. The Morgan fingerprint density at radius 2 is 1.89 bits per heavy atom. The van der Waals surface area contributed by atoms with Gasteiger partial charge in [-0.15, -0.1) is 0 Å². The lowest BCUT2D eigenvalue weighted by atomic mass is 9.84. The van der Waals surface area contributed by atoms with E-state index >= 15 is 4.39 Å². The molecule has 9 heteroatoms. The summed E-state index contributed by atoms with van der Waals surface area (Å²) in [5.74, 6) is -3.83. The number of pyridine rings is 1. The molecule has 1 atom stereocenters. The molecule has 184 valence electrons. The minimum Gasteiger partial charge on any atom is -0.481 e. The van der Waals surface area contributed by atoms with E-state index in [1.165, 1.54) is 6.20 Å². The average Bonchev–Trinajstić information content (AvgIpc) is 3.23. The molecule has 0 bridgehead atoms. The van der Waals surface area contributed by atoms with Crippen LogP contribution in [0.5, 0.6) is 0 Å². The number of anilines is 1. The molecule has 0 fully saturated rings. The normalized spacial score (nSPS) is 12.4. The van der Waals surface area contributed by atoms with Crippen molar-refractivity contribution in [1.29, 1.82) is 5.26 Å². The molecule has 2 aromatic carbocycles. The Kier molecular flexibility index (Phi) is 6.46. The third-order valence-electron chi connectivity index (χ3n) is 6.01. The van der Waals surface area contributed by atoms with Crippen LogP contribution in [-0.4, -0.2) is 27.1 Å². The first-order chi connectivity index (χ1) is 17.0. The van der Waals surface area contributed by atoms with Crippen LogP contribution in [0.2, 0.25) is 0 Å². The van der Waals surface area contributed by atoms with Crippen LogP contribution in [0, 0.1) is 34.2 Å². The molecular formula is C27H23F3N4O2. The van der Waals surface area contributed by atoms with Crippen LogP contribution in [0.3, 0.4) is 0 Å².